The zero-order valence-corrected chi connectivity index (χ0v) is 11.1. The van der Waals surface area contributed by atoms with Gasteiger partial charge in [0.05, 0.1) is 10.0 Å². The highest BCUT2D eigenvalue weighted by molar-refractivity contribution is 7.80. The summed E-state index contributed by atoms with van der Waals surface area (Å²) in [7, 11) is 0. The van der Waals surface area contributed by atoms with Gasteiger partial charge in [0.1, 0.15) is 15.7 Å². The molecule has 16 heavy (non-hydrogen) atoms. The Hall–Kier alpha value is -0.680. The zero-order chi connectivity index (χ0) is 11.7. The van der Waals surface area contributed by atoms with Crippen molar-refractivity contribution in [3.63, 3.8) is 0 Å². The molecule has 0 radical (unpaired) electrons. The normalized spacial score (nSPS) is 10.4. The van der Waals surface area contributed by atoms with Crippen molar-refractivity contribution >= 4 is 51.7 Å². The standard InChI is InChI=1S/C10H6Cl2N2S2/c11-6-2-1-5(3-7(6)12)10-14-8(4-16-10)9(13)15/h1-4H,(H2,13,15). The molecule has 0 spiro atoms. The number of nitrogens with zero attached hydrogens (tertiary/aromatic N) is 1. The molecular formula is C10H6Cl2N2S2. The summed E-state index contributed by atoms with van der Waals surface area (Å²) in [6, 6.07) is 5.36. The van der Waals surface area contributed by atoms with Crippen LogP contribution in [-0.4, -0.2) is 9.97 Å². The highest BCUT2D eigenvalue weighted by Gasteiger charge is 2.08. The molecule has 0 aliphatic rings. The van der Waals surface area contributed by atoms with Gasteiger partial charge in [-0.15, -0.1) is 11.3 Å². The molecular weight excluding hydrogens is 283 g/mol. The summed E-state index contributed by atoms with van der Waals surface area (Å²) >= 11 is 18.1. The first-order valence-electron chi connectivity index (χ1n) is 4.28. The van der Waals surface area contributed by atoms with Gasteiger partial charge >= 0.3 is 0 Å². The van der Waals surface area contributed by atoms with Crippen LogP contribution in [0, 0.1) is 0 Å². The van der Waals surface area contributed by atoms with Crippen LogP contribution < -0.4 is 5.73 Å². The van der Waals surface area contributed by atoms with Crippen molar-refractivity contribution in [2.45, 2.75) is 0 Å². The smallest absolute Gasteiger partial charge is 0.124 e. The van der Waals surface area contributed by atoms with E-state index in [0.29, 0.717) is 20.7 Å². The molecule has 0 atom stereocenters. The van der Waals surface area contributed by atoms with Crippen LogP contribution in [0.4, 0.5) is 0 Å². The number of hydrogen-bond acceptors (Lipinski definition) is 3. The minimum absolute atomic E-state index is 0.294. The molecule has 0 bridgehead atoms. The summed E-state index contributed by atoms with van der Waals surface area (Å²) in [5.74, 6) is 0. The second-order valence-corrected chi connectivity index (χ2v) is 5.14. The van der Waals surface area contributed by atoms with Gasteiger partial charge in [0.15, 0.2) is 0 Å². The Balaban J connectivity index is 2.42. The fourth-order valence-electron chi connectivity index (χ4n) is 1.15. The molecule has 2 rings (SSSR count). The Morgan fingerprint density at radius 3 is 2.62 bits per heavy atom. The molecule has 0 saturated carbocycles. The lowest BCUT2D eigenvalue weighted by molar-refractivity contribution is 1.37. The summed E-state index contributed by atoms with van der Waals surface area (Å²) in [5.41, 5.74) is 7.02. The highest BCUT2D eigenvalue weighted by atomic mass is 35.5. The summed E-state index contributed by atoms with van der Waals surface area (Å²) in [4.78, 5) is 4.60. The molecule has 0 amide bonds. The van der Waals surface area contributed by atoms with E-state index in [1.807, 2.05) is 11.4 Å². The number of thiazole rings is 1. The van der Waals surface area contributed by atoms with Crippen LogP contribution in [0.3, 0.4) is 0 Å². The monoisotopic (exact) mass is 288 g/mol. The third-order valence-electron chi connectivity index (χ3n) is 1.92. The van der Waals surface area contributed by atoms with Crippen LogP contribution in [0.2, 0.25) is 10.0 Å². The predicted octanol–water partition coefficient (Wildman–Crippen LogP) is 3.75. The average Bonchev–Trinajstić information content (AvgIpc) is 2.71. The summed E-state index contributed by atoms with van der Waals surface area (Å²) < 4.78 is 0. The number of thiocarbonyl (C=S) groups is 1. The van der Waals surface area contributed by atoms with Gasteiger partial charge in [0.25, 0.3) is 0 Å². The van der Waals surface area contributed by atoms with Crippen molar-refractivity contribution in [1.82, 2.24) is 4.98 Å². The topological polar surface area (TPSA) is 38.9 Å². The zero-order valence-electron chi connectivity index (χ0n) is 7.91. The van der Waals surface area contributed by atoms with Gasteiger partial charge in [-0.3, -0.25) is 0 Å². The number of nitrogens with two attached hydrogens (primary N) is 1. The third kappa shape index (κ3) is 2.35. The second kappa shape index (κ2) is 4.67. The molecule has 6 heteroatoms. The van der Waals surface area contributed by atoms with Crippen molar-refractivity contribution in [3.05, 3.63) is 39.3 Å². The van der Waals surface area contributed by atoms with Crippen LogP contribution in [-0.2, 0) is 0 Å². The Kier molecular flexibility index (Phi) is 3.44. The van der Waals surface area contributed by atoms with E-state index < -0.39 is 0 Å². The van der Waals surface area contributed by atoms with E-state index in [0.717, 1.165) is 10.6 Å². The first kappa shape index (κ1) is 11.8. The molecule has 1 heterocycles. The molecule has 82 valence electrons. The van der Waals surface area contributed by atoms with Gasteiger partial charge in [-0.25, -0.2) is 4.98 Å². The van der Waals surface area contributed by atoms with Crippen molar-refractivity contribution in [3.8, 4) is 10.6 Å². The van der Waals surface area contributed by atoms with E-state index in [-0.39, 0.29) is 0 Å². The lowest BCUT2D eigenvalue weighted by atomic mass is 10.2. The number of aromatic nitrogens is 1. The van der Waals surface area contributed by atoms with Crippen LogP contribution in [0.15, 0.2) is 23.6 Å². The lowest BCUT2D eigenvalue weighted by Crippen LogP contribution is -2.09. The third-order valence-corrected chi connectivity index (χ3v) is 3.76. The van der Waals surface area contributed by atoms with Crippen LogP contribution in [0.5, 0.6) is 0 Å². The average molecular weight is 289 g/mol. The molecule has 0 aliphatic carbocycles. The molecule has 1 aromatic carbocycles. The van der Waals surface area contributed by atoms with E-state index in [1.165, 1.54) is 11.3 Å². The van der Waals surface area contributed by atoms with Crippen molar-refractivity contribution in [2.24, 2.45) is 5.73 Å². The Labute approximate surface area is 112 Å². The van der Waals surface area contributed by atoms with Crippen LogP contribution >= 0.6 is 46.8 Å². The number of hydrogen-bond donors (Lipinski definition) is 1. The highest BCUT2D eigenvalue weighted by Crippen LogP contribution is 2.30. The molecule has 0 fully saturated rings. The molecule has 2 nitrogen and oxygen atoms in total. The van der Waals surface area contributed by atoms with Gasteiger partial charge in [0.2, 0.25) is 0 Å². The largest absolute Gasteiger partial charge is 0.388 e. The van der Waals surface area contributed by atoms with Crippen LogP contribution in [0.25, 0.3) is 10.6 Å². The summed E-state index contributed by atoms with van der Waals surface area (Å²) in [6.07, 6.45) is 0. The number of halogens is 2. The fraction of sp³-hybridized carbons (Fsp3) is 0. The van der Waals surface area contributed by atoms with E-state index in [4.69, 9.17) is 41.2 Å². The quantitative estimate of drug-likeness (QED) is 0.856. The first-order chi connectivity index (χ1) is 7.58. The predicted molar refractivity (Wildman–Crippen MR) is 73.5 cm³/mol. The Morgan fingerprint density at radius 2 is 2.06 bits per heavy atom. The summed E-state index contributed by atoms with van der Waals surface area (Å²) in [6.45, 7) is 0. The Morgan fingerprint density at radius 1 is 1.31 bits per heavy atom. The first-order valence-corrected chi connectivity index (χ1v) is 6.33. The van der Waals surface area contributed by atoms with E-state index in [2.05, 4.69) is 4.98 Å². The number of benzene rings is 1. The number of rotatable bonds is 2. The molecule has 0 unspecified atom stereocenters. The van der Waals surface area contributed by atoms with Crippen molar-refractivity contribution in [1.29, 1.82) is 0 Å². The maximum atomic E-state index is 5.93. The molecule has 1 aromatic heterocycles. The second-order valence-electron chi connectivity index (χ2n) is 3.03. The molecule has 0 saturated heterocycles. The maximum absolute atomic E-state index is 5.93. The lowest BCUT2D eigenvalue weighted by Gasteiger charge is -1.99. The van der Waals surface area contributed by atoms with Gasteiger partial charge in [0, 0.05) is 10.9 Å². The van der Waals surface area contributed by atoms with Gasteiger partial charge < -0.3 is 5.73 Å². The van der Waals surface area contributed by atoms with E-state index >= 15 is 0 Å². The van der Waals surface area contributed by atoms with Gasteiger partial charge in [-0.1, -0.05) is 41.5 Å². The SMILES string of the molecule is NC(=S)c1csc(-c2ccc(Cl)c(Cl)c2)n1. The molecule has 0 aliphatic heterocycles. The van der Waals surface area contributed by atoms with Gasteiger partial charge in [-0.05, 0) is 12.1 Å². The van der Waals surface area contributed by atoms with Crippen LogP contribution in [0.1, 0.15) is 5.69 Å². The minimum atomic E-state index is 0.294. The van der Waals surface area contributed by atoms with Crippen molar-refractivity contribution < 1.29 is 0 Å². The molecule has 2 aromatic rings. The maximum Gasteiger partial charge on any atom is 0.124 e. The van der Waals surface area contributed by atoms with E-state index in [9.17, 15) is 0 Å². The van der Waals surface area contributed by atoms with Crippen molar-refractivity contribution in [2.75, 3.05) is 0 Å². The van der Waals surface area contributed by atoms with Gasteiger partial charge in [-0.2, -0.15) is 0 Å². The summed E-state index contributed by atoms with van der Waals surface area (Å²) in [5, 5.41) is 3.67. The molecule has 2 N–H and O–H groups in total. The van der Waals surface area contributed by atoms with E-state index in [1.54, 1.807) is 12.1 Å². The fourth-order valence-corrected chi connectivity index (χ4v) is 2.44. The minimum Gasteiger partial charge on any atom is -0.388 e. The Bertz CT molecular complexity index is 552.